The Kier molecular flexibility index (Phi) is 6.25. The third-order valence-electron chi connectivity index (χ3n) is 3.65. The van der Waals surface area contributed by atoms with Crippen molar-refractivity contribution in [3.05, 3.63) is 54.1 Å². The minimum Gasteiger partial charge on any atom is -0.494 e. The average molecular weight is 405 g/mol. The molecule has 0 spiro atoms. The molecule has 0 aliphatic carbocycles. The van der Waals surface area contributed by atoms with Crippen LogP contribution in [0, 0.1) is 11.6 Å². The molecule has 0 fully saturated rings. The summed E-state index contributed by atoms with van der Waals surface area (Å²) in [5.41, 5.74) is 0.486. The molecule has 1 N–H and O–H groups in total. The van der Waals surface area contributed by atoms with Crippen LogP contribution in [0.3, 0.4) is 0 Å². The zero-order valence-corrected chi connectivity index (χ0v) is 15.9. The molecular weight excluding hydrogens is 388 g/mol. The highest BCUT2D eigenvalue weighted by Crippen LogP contribution is 2.28. The fourth-order valence-corrected chi connectivity index (χ4v) is 2.95. The first-order chi connectivity index (χ1) is 13.5. The lowest BCUT2D eigenvalue weighted by molar-refractivity contribution is -0.115. The number of thioether (sulfide) groups is 1. The summed E-state index contributed by atoms with van der Waals surface area (Å²) >= 11 is 1.01. The van der Waals surface area contributed by atoms with E-state index in [4.69, 9.17) is 9.15 Å². The van der Waals surface area contributed by atoms with Crippen LogP contribution in [0.2, 0.25) is 0 Å². The van der Waals surface area contributed by atoms with Gasteiger partial charge in [-0.05, 0) is 50.2 Å². The van der Waals surface area contributed by atoms with Gasteiger partial charge in [-0.25, -0.2) is 8.78 Å². The molecule has 1 aromatic heterocycles. The molecule has 0 aliphatic rings. The molecule has 0 radical (unpaired) electrons. The summed E-state index contributed by atoms with van der Waals surface area (Å²) in [4.78, 5) is 12.2. The molecule has 0 saturated carbocycles. The van der Waals surface area contributed by atoms with Gasteiger partial charge in [0.15, 0.2) is 0 Å². The minimum atomic E-state index is -0.720. The SMILES string of the molecule is CCOc1ccc(-c2nnc(S[C@@H](C)C(=O)Nc3cc(F)ccc3F)o2)cc1. The van der Waals surface area contributed by atoms with Gasteiger partial charge in [0.05, 0.1) is 17.5 Å². The van der Waals surface area contributed by atoms with E-state index in [0.29, 0.717) is 18.1 Å². The number of carbonyl (C=O) groups excluding carboxylic acids is 1. The summed E-state index contributed by atoms with van der Waals surface area (Å²) in [7, 11) is 0. The van der Waals surface area contributed by atoms with E-state index in [2.05, 4.69) is 15.5 Å². The molecule has 146 valence electrons. The van der Waals surface area contributed by atoms with E-state index in [-0.39, 0.29) is 10.9 Å². The number of amides is 1. The summed E-state index contributed by atoms with van der Waals surface area (Å²) in [5.74, 6) is -0.851. The number of nitrogens with zero attached hydrogens (tertiary/aromatic N) is 2. The number of halogens is 2. The second-order valence-electron chi connectivity index (χ2n) is 5.70. The molecule has 3 rings (SSSR count). The number of hydrogen-bond acceptors (Lipinski definition) is 6. The lowest BCUT2D eigenvalue weighted by atomic mass is 10.2. The van der Waals surface area contributed by atoms with Gasteiger partial charge in [-0.3, -0.25) is 4.79 Å². The van der Waals surface area contributed by atoms with Crippen LogP contribution in [0.15, 0.2) is 52.1 Å². The number of ether oxygens (including phenoxy) is 1. The standard InChI is InChI=1S/C19H17F2N3O3S/c1-3-26-14-7-4-12(5-8-14)18-23-24-19(27-18)28-11(2)17(25)22-16-10-13(20)6-9-15(16)21/h4-11H,3H2,1-2H3,(H,22,25)/t11-/m0/s1. The maximum absolute atomic E-state index is 13.7. The van der Waals surface area contributed by atoms with E-state index in [1.807, 2.05) is 6.92 Å². The van der Waals surface area contributed by atoms with Gasteiger partial charge in [-0.2, -0.15) is 0 Å². The Bertz CT molecular complexity index is 963. The first-order valence-corrected chi connectivity index (χ1v) is 9.33. The predicted octanol–water partition coefficient (Wildman–Crippen LogP) is 4.53. The zero-order chi connectivity index (χ0) is 20.1. The maximum atomic E-state index is 13.7. The Morgan fingerprint density at radius 3 is 2.68 bits per heavy atom. The van der Waals surface area contributed by atoms with Crippen molar-refractivity contribution in [1.82, 2.24) is 10.2 Å². The Labute approximate surface area is 164 Å². The number of anilines is 1. The van der Waals surface area contributed by atoms with Gasteiger partial charge in [0.2, 0.25) is 11.8 Å². The van der Waals surface area contributed by atoms with Gasteiger partial charge < -0.3 is 14.5 Å². The van der Waals surface area contributed by atoms with Gasteiger partial charge in [0.25, 0.3) is 5.22 Å². The van der Waals surface area contributed by atoms with Crippen LogP contribution in [-0.4, -0.2) is 28.0 Å². The van der Waals surface area contributed by atoms with Gasteiger partial charge in [0, 0.05) is 11.6 Å². The van der Waals surface area contributed by atoms with Crippen LogP contribution < -0.4 is 10.1 Å². The second kappa shape index (κ2) is 8.83. The highest BCUT2D eigenvalue weighted by Gasteiger charge is 2.20. The Morgan fingerprint density at radius 2 is 1.96 bits per heavy atom. The van der Waals surface area contributed by atoms with Crippen molar-refractivity contribution in [3.8, 4) is 17.2 Å². The topological polar surface area (TPSA) is 77.2 Å². The van der Waals surface area contributed by atoms with Gasteiger partial charge in [0.1, 0.15) is 17.4 Å². The molecule has 2 aromatic carbocycles. The first kappa shape index (κ1) is 19.8. The van der Waals surface area contributed by atoms with Crippen molar-refractivity contribution in [2.24, 2.45) is 0 Å². The lowest BCUT2D eigenvalue weighted by Crippen LogP contribution is -2.23. The number of hydrogen-bond donors (Lipinski definition) is 1. The summed E-state index contributed by atoms with van der Waals surface area (Å²) in [5, 5.41) is 9.74. The Hall–Kier alpha value is -2.94. The van der Waals surface area contributed by atoms with E-state index in [9.17, 15) is 13.6 Å². The Morgan fingerprint density at radius 1 is 1.21 bits per heavy atom. The maximum Gasteiger partial charge on any atom is 0.277 e. The van der Waals surface area contributed by atoms with E-state index >= 15 is 0 Å². The van der Waals surface area contributed by atoms with Crippen LogP contribution in [0.5, 0.6) is 5.75 Å². The average Bonchev–Trinajstić information content (AvgIpc) is 3.14. The summed E-state index contributed by atoms with van der Waals surface area (Å²) in [6, 6.07) is 10.00. The molecule has 1 atom stereocenters. The minimum absolute atomic E-state index is 0.186. The highest BCUT2D eigenvalue weighted by atomic mass is 32.2. The smallest absolute Gasteiger partial charge is 0.277 e. The van der Waals surface area contributed by atoms with Crippen molar-refractivity contribution >= 4 is 23.4 Å². The van der Waals surface area contributed by atoms with Crippen molar-refractivity contribution in [2.45, 2.75) is 24.3 Å². The molecule has 6 nitrogen and oxygen atoms in total. The lowest BCUT2D eigenvalue weighted by Gasteiger charge is -2.10. The molecule has 1 amide bonds. The van der Waals surface area contributed by atoms with Crippen molar-refractivity contribution in [2.75, 3.05) is 11.9 Å². The van der Waals surface area contributed by atoms with E-state index in [1.54, 1.807) is 31.2 Å². The monoisotopic (exact) mass is 405 g/mol. The number of rotatable bonds is 7. The van der Waals surface area contributed by atoms with Crippen LogP contribution in [0.1, 0.15) is 13.8 Å². The van der Waals surface area contributed by atoms with Crippen LogP contribution in [-0.2, 0) is 4.79 Å². The number of nitrogens with one attached hydrogen (secondary N) is 1. The van der Waals surface area contributed by atoms with E-state index < -0.39 is 22.8 Å². The number of carbonyl (C=O) groups is 1. The largest absolute Gasteiger partial charge is 0.494 e. The second-order valence-corrected chi connectivity index (χ2v) is 7.00. The van der Waals surface area contributed by atoms with Crippen LogP contribution in [0.25, 0.3) is 11.5 Å². The molecule has 3 aromatic rings. The fourth-order valence-electron chi connectivity index (χ4n) is 2.27. The number of aromatic nitrogens is 2. The highest BCUT2D eigenvalue weighted by molar-refractivity contribution is 8.00. The molecule has 0 saturated heterocycles. The van der Waals surface area contributed by atoms with Crippen LogP contribution >= 0.6 is 11.8 Å². The number of benzene rings is 2. The normalized spacial score (nSPS) is 11.9. The van der Waals surface area contributed by atoms with Gasteiger partial charge in [-0.1, -0.05) is 11.8 Å². The molecule has 0 unspecified atom stereocenters. The summed E-state index contributed by atoms with van der Waals surface area (Å²) in [6.45, 7) is 4.06. The quantitative estimate of drug-likeness (QED) is 0.582. The third kappa shape index (κ3) is 4.86. The fraction of sp³-hybridized carbons (Fsp3) is 0.211. The molecule has 9 heteroatoms. The van der Waals surface area contributed by atoms with Gasteiger partial charge in [-0.15, -0.1) is 10.2 Å². The third-order valence-corrected chi connectivity index (χ3v) is 4.59. The first-order valence-electron chi connectivity index (χ1n) is 8.45. The molecule has 1 heterocycles. The van der Waals surface area contributed by atoms with E-state index in [0.717, 1.165) is 35.7 Å². The molecule has 0 bridgehead atoms. The van der Waals surface area contributed by atoms with Crippen molar-refractivity contribution in [1.29, 1.82) is 0 Å². The molecule has 28 heavy (non-hydrogen) atoms. The molecule has 0 aliphatic heterocycles. The van der Waals surface area contributed by atoms with Crippen molar-refractivity contribution < 1.29 is 22.7 Å². The summed E-state index contributed by atoms with van der Waals surface area (Å²) < 4.78 is 37.8. The van der Waals surface area contributed by atoms with Crippen LogP contribution in [0.4, 0.5) is 14.5 Å². The van der Waals surface area contributed by atoms with E-state index in [1.165, 1.54) is 0 Å². The van der Waals surface area contributed by atoms with Gasteiger partial charge >= 0.3 is 0 Å². The predicted molar refractivity (Wildman–Crippen MR) is 101 cm³/mol. The molecular formula is C19H17F2N3O3S. The summed E-state index contributed by atoms with van der Waals surface area (Å²) in [6.07, 6.45) is 0. The Balaban J connectivity index is 1.63. The van der Waals surface area contributed by atoms with Crippen molar-refractivity contribution in [3.63, 3.8) is 0 Å². The zero-order valence-electron chi connectivity index (χ0n) is 15.1.